The molecular weight excluding hydrogens is 286 g/mol. The van der Waals surface area contributed by atoms with Crippen LogP contribution < -0.4 is 5.32 Å². The molecule has 3 nitrogen and oxygen atoms in total. The van der Waals surface area contributed by atoms with Crippen molar-refractivity contribution in [1.82, 2.24) is 14.7 Å². The molecule has 2 aromatic rings. The molecule has 0 atom stereocenters. The first kappa shape index (κ1) is 13.8. The Balaban J connectivity index is 2.26. The monoisotopic (exact) mass is 299 g/mol. The normalized spacial score (nSPS) is 10.8. The van der Waals surface area contributed by atoms with Crippen LogP contribution >= 0.6 is 34.9 Å². The van der Waals surface area contributed by atoms with Crippen molar-refractivity contribution >= 4 is 34.9 Å². The van der Waals surface area contributed by atoms with Crippen LogP contribution in [0.25, 0.3) is 0 Å². The van der Waals surface area contributed by atoms with Crippen molar-refractivity contribution in [2.45, 2.75) is 29.1 Å². The Morgan fingerprint density at radius 1 is 1.44 bits per heavy atom. The summed E-state index contributed by atoms with van der Waals surface area (Å²) >= 11 is 9.28. The molecule has 18 heavy (non-hydrogen) atoms. The summed E-state index contributed by atoms with van der Waals surface area (Å²) in [6, 6.07) is 5.95. The molecule has 1 aromatic heterocycles. The highest BCUT2D eigenvalue weighted by Gasteiger charge is 2.11. The van der Waals surface area contributed by atoms with Gasteiger partial charge >= 0.3 is 0 Å². The Bertz CT molecular complexity index is 528. The molecule has 1 aromatic carbocycles. The van der Waals surface area contributed by atoms with E-state index in [1.165, 1.54) is 17.1 Å². The molecule has 0 radical (unpaired) electrons. The molecule has 0 fully saturated rings. The summed E-state index contributed by atoms with van der Waals surface area (Å²) in [5, 5.41) is 3.91. The standard InChI is InChI=1S/C12H14ClN3S2/c1-3-10-15-12(18-16-10)17-11-8(7-14-2)5-4-6-9(11)13/h4-6,14H,3,7H2,1-2H3. The van der Waals surface area contributed by atoms with Crippen LogP contribution in [0.15, 0.2) is 27.4 Å². The van der Waals surface area contributed by atoms with E-state index in [0.29, 0.717) is 0 Å². The maximum atomic E-state index is 6.26. The largest absolute Gasteiger partial charge is 0.316 e. The second-order valence-electron chi connectivity index (χ2n) is 3.69. The molecule has 96 valence electrons. The third-order valence-corrected chi connectivity index (χ3v) is 4.77. The molecule has 0 amide bonds. The molecular formula is C12H14ClN3S2. The van der Waals surface area contributed by atoms with Crippen molar-refractivity contribution in [1.29, 1.82) is 0 Å². The van der Waals surface area contributed by atoms with E-state index >= 15 is 0 Å². The average Bonchev–Trinajstić information content (AvgIpc) is 2.82. The Morgan fingerprint density at radius 2 is 2.28 bits per heavy atom. The van der Waals surface area contributed by atoms with Crippen molar-refractivity contribution in [3.63, 3.8) is 0 Å². The Kier molecular flexibility index (Phi) is 5.00. The number of hydrogen-bond acceptors (Lipinski definition) is 5. The molecule has 0 saturated carbocycles. The number of aryl methyl sites for hydroxylation is 1. The third kappa shape index (κ3) is 3.23. The summed E-state index contributed by atoms with van der Waals surface area (Å²) in [5.41, 5.74) is 1.18. The van der Waals surface area contributed by atoms with Crippen LogP contribution in [-0.4, -0.2) is 16.4 Å². The van der Waals surface area contributed by atoms with Crippen molar-refractivity contribution in [2.75, 3.05) is 7.05 Å². The molecule has 1 heterocycles. The van der Waals surface area contributed by atoms with Crippen molar-refractivity contribution < 1.29 is 0 Å². The number of halogens is 1. The number of aromatic nitrogens is 2. The molecule has 0 bridgehead atoms. The molecule has 0 unspecified atom stereocenters. The van der Waals surface area contributed by atoms with Gasteiger partial charge in [-0.15, -0.1) is 0 Å². The molecule has 0 spiro atoms. The summed E-state index contributed by atoms with van der Waals surface area (Å²) in [6.45, 7) is 2.85. The lowest BCUT2D eigenvalue weighted by Crippen LogP contribution is -2.06. The molecule has 0 aliphatic heterocycles. The van der Waals surface area contributed by atoms with Gasteiger partial charge in [0.2, 0.25) is 0 Å². The first-order valence-corrected chi connectivity index (χ1v) is 7.63. The first-order chi connectivity index (χ1) is 8.74. The molecule has 2 rings (SSSR count). The third-order valence-electron chi connectivity index (χ3n) is 2.37. The molecule has 1 N–H and O–H groups in total. The Labute approximate surface area is 120 Å². The number of benzene rings is 1. The van der Waals surface area contributed by atoms with E-state index in [1.54, 1.807) is 11.8 Å². The van der Waals surface area contributed by atoms with Crippen molar-refractivity contribution in [3.05, 3.63) is 34.6 Å². The second kappa shape index (κ2) is 6.52. The lowest BCUT2D eigenvalue weighted by molar-refractivity contribution is 0.803. The first-order valence-electron chi connectivity index (χ1n) is 5.67. The smallest absolute Gasteiger partial charge is 0.174 e. The molecule has 0 saturated heterocycles. The van der Waals surface area contributed by atoms with Gasteiger partial charge in [0.1, 0.15) is 5.82 Å². The van der Waals surface area contributed by atoms with E-state index in [0.717, 1.165) is 33.0 Å². The zero-order valence-corrected chi connectivity index (χ0v) is 12.6. The van der Waals surface area contributed by atoms with E-state index < -0.39 is 0 Å². The minimum Gasteiger partial charge on any atom is -0.316 e. The van der Waals surface area contributed by atoms with Gasteiger partial charge in [-0.25, -0.2) is 4.98 Å². The van der Waals surface area contributed by atoms with Gasteiger partial charge in [0, 0.05) is 17.9 Å². The van der Waals surface area contributed by atoms with Crippen LogP contribution in [0.1, 0.15) is 18.3 Å². The van der Waals surface area contributed by atoms with Gasteiger partial charge in [0.05, 0.1) is 5.02 Å². The van der Waals surface area contributed by atoms with Gasteiger partial charge in [0.15, 0.2) is 4.34 Å². The molecule has 0 aliphatic rings. The SMILES string of the molecule is CCc1nsc(Sc2c(Cl)cccc2CNC)n1. The van der Waals surface area contributed by atoms with Gasteiger partial charge in [0.25, 0.3) is 0 Å². The average molecular weight is 300 g/mol. The summed E-state index contributed by atoms with van der Waals surface area (Å²) in [4.78, 5) is 5.52. The number of nitrogens with zero attached hydrogens (tertiary/aromatic N) is 2. The van der Waals surface area contributed by atoms with Crippen LogP contribution in [0.5, 0.6) is 0 Å². The zero-order chi connectivity index (χ0) is 13.0. The van der Waals surface area contributed by atoms with Gasteiger partial charge < -0.3 is 5.32 Å². The van der Waals surface area contributed by atoms with E-state index in [1.807, 2.05) is 19.2 Å². The quantitative estimate of drug-likeness (QED) is 0.915. The molecule has 0 aliphatic carbocycles. The van der Waals surface area contributed by atoms with Crippen LogP contribution in [0.4, 0.5) is 0 Å². The van der Waals surface area contributed by atoms with Gasteiger partial charge in [-0.2, -0.15) is 4.37 Å². The van der Waals surface area contributed by atoms with Crippen LogP contribution in [0.2, 0.25) is 5.02 Å². The maximum absolute atomic E-state index is 6.26. The van der Waals surface area contributed by atoms with Gasteiger partial charge in [-0.05, 0) is 30.2 Å². The van der Waals surface area contributed by atoms with E-state index in [2.05, 4.69) is 27.7 Å². The fraction of sp³-hybridized carbons (Fsp3) is 0.333. The highest BCUT2D eigenvalue weighted by molar-refractivity contribution is 8.01. The number of rotatable bonds is 5. The zero-order valence-electron chi connectivity index (χ0n) is 10.2. The fourth-order valence-electron chi connectivity index (χ4n) is 1.51. The van der Waals surface area contributed by atoms with E-state index in [4.69, 9.17) is 11.6 Å². The predicted octanol–water partition coefficient (Wildman–Crippen LogP) is 3.62. The summed E-state index contributed by atoms with van der Waals surface area (Å²) in [6.07, 6.45) is 0.864. The van der Waals surface area contributed by atoms with Crippen LogP contribution in [0, 0.1) is 0 Å². The topological polar surface area (TPSA) is 37.8 Å². The maximum Gasteiger partial charge on any atom is 0.174 e. The lowest BCUT2D eigenvalue weighted by Gasteiger charge is -2.08. The highest BCUT2D eigenvalue weighted by Crippen LogP contribution is 2.36. The summed E-state index contributed by atoms with van der Waals surface area (Å²) in [5.74, 6) is 0.893. The minimum absolute atomic E-state index is 0.765. The summed E-state index contributed by atoms with van der Waals surface area (Å²) in [7, 11) is 1.93. The highest BCUT2D eigenvalue weighted by atomic mass is 35.5. The van der Waals surface area contributed by atoms with Gasteiger partial charge in [-0.1, -0.05) is 42.4 Å². The van der Waals surface area contributed by atoms with Crippen molar-refractivity contribution in [2.24, 2.45) is 0 Å². The fourth-order valence-corrected chi connectivity index (χ4v) is 3.59. The second-order valence-corrected chi connectivity index (χ2v) is 6.11. The summed E-state index contributed by atoms with van der Waals surface area (Å²) < 4.78 is 5.23. The van der Waals surface area contributed by atoms with Crippen molar-refractivity contribution in [3.8, 4) is 0 Å². The Hall–Kier alpha value is -0.620. The Morgan fingerprint density at radius 3 is 2.94 bits per heavy atom. The van der Waals surface area contributed by atoms with Crippen LogP contribution in [-0.2, 0) is 13.0 Å². The predicted molar refractivity (Wildman–Crippen MR) is 77.6 cm³/mol. The molecule has 6 heteroatoms. The number of nitrogens with one attached hydrogen (secondary N) is 1. The van der Waals surface area contributed by atoms with Gasteiger partial charge in [-0.3, -0.25) is 0 Å². The van der Waals surface area contributed by atoms with Crippen LogP contribution in [0.3, 0.4) is 0 Å². The lowest BCUT2D eigenvalue weighted by atomic mass is 10.2. The van der Waals surface area contributed by atoms with E-state index in [-0.39, 0.29) is 0 Å². The van der Waals surface area contributed by atoms with E-state index in [9.17, 15) is 0 Å². The minimum atomic E-state index is 0.765. The number of hydrogen-bond donors (Lipinski definition) is 1.